The minimum atomic E-state index is 0.406. The second kappa shape index (κ2) is 2.45. The van der Waals surface area contributed by atoms with Gasteiger partial charge in [0.05, 0.1) is 12.4 Å². The summed E-state index contributed by atoms with van der Waals surface area (Å²) in [5, 5.41) is 12.3. The van der Waals surface area contributed by atoms with Crippen molar-refractivity contribution in [3.63, 3.8) is 0 Å². The summed E-state index contributed by atoms with van der Waals surface area (Å²) in [6, 6.07) is 7.72. The number of para-hydroxylation sites is 1. The number of benzene rings is 1. The fourth-order valence-corrected chi connectivity index (χ4v) is 1.54. The van der Waals surface area contributed by atoms with Crippen LogP contribution in [-0.2, 0) is 0 Å². The number of hydrogen-bond acceptors (Lipinski definition) is 2. The Bertz CT molecular complexity index is 615. The van der Waals surface area contributed by atoms with Crippen molar-refractivity contribution < 1.29 is 4.73 Å². The van der Waals surface area contributed by atoms with Gasteiger partial charge in [0.1, 0.15) is 6.20 Å². The molecule has 14 heavy (non-hydrogen) atoms. The Kier molecular flexibility index (Phi) is 1.28. The summed E-state index contributed by atoms with van der Waals surface area (Å²) in [7, 11) is 0. The molecule has 0 aliphatic carbocycles. The molecule has 0 aliphatic rings. The first-order valence-electron chi connectivity index (χ1n) is 4.30. The Morgan fingerprint density at radius 1 is 1.29 bits per heavy atom. The smallest absolute Gasteiger partial charge is 0.404 e. The lowest BCUT2D eigenvalue weighted by molar-refractivity contribution is -0.578. The Morgan fingerprint density at radius 2 is 2.14 bits per heavy atom. The van der Waals surface area contributed by atoms with Crippen LogP contribution in [0.2, 0.25) is 0 Å². The summed E-state index contributed by atoms with van der Waals surface area (Å²) in [5.74, 6) is 0.406. The van der Waals surface area contributed by atoms with Crippen LogP contribution < -0.4 is 4.73 Å². The van der Waals surface area contributed by atoms with Crippen LogP contribution in [0.5, 0.6) is 0 Å². The van der Waals surface area contributed by atoms with Crippen molar-refractivity contribution >= 4 is 16.7 Å². The summed E-state index contributed by atoms with van der Waals surface area (Å²) < 4.78 is 2.47. The second-order valence-electron chi connectivity index (χ2n) is 3.13. The van der Waals surface area contributed by atoms with Crippen LogP contribution in [-0.4, -0.2) is 9.38 Å². The van der Waals surface area contributed by atoms with Crippen molar-refractivity contribution in [2.75, 3.05) is 0 Å². The molecule has 0 saturated heterocycles. The number of nitrogens with zero attached hydrogens (tertiary/aromatic N) is 3. The van der Waals surface area contributed by atoms with E-state index in [2.05, 4.69) is 4.98 Å². The molecule has 68 valence electrons. The standard InChI is InChI=1S/C10H7N3O/c14-13-6-5-12-7-8-3-1-2-4-9(8)11-10(12)13/h1-7H. The molecule has 0 fully saturated rings. The highest BCUT2D eigenvalue weighted by Gasteiger charge is 2.07. The van der Waals surface area contributed by atoms with Gasteiger partial charge in [-0.15, -0.1) is 0 Å². The molecule has 0 saturated carbocycles. The number of aromatic nitrogens is 3. The van der Waals surface area contributed by atoms with E-state index in [9.17, 15) is 5.21 Å². The van der Waals surface area contributed by atoms with E-state index in [1.165, 1.54) is 6.20 Å². The number of rotatable bonds is 0. The highest BCUT2D eigenvalue weighted by atomic mass is 16.5. The monoisotopic (exact) mass is 185 g/mol. The van der Waals surface area contributed by atoms with Crippen LogP contribution in [0.15, 0.2) is 42.9 Å². The van der Waals surface area contributed by atoms with Gasteiger partial charge in [-0.25, -0.2) is 9.13 Å². The van der Waals surface area contributed by atoms with Gasteiger partial charge in [0.25, 0.3) is 0 Å². The SMILES string of the molecule is [O-][n+]1ccn2cc3ccccc3nc21. The second-order valence-corrected chi connectivity index (χ2v) is 3.13. The van der Waals surface area contributed by atoms with E-state index in [1.807, 2.05) is 30.5 Å². The molecule has 0 radical (unpaired) electrons. The molecule has 1 aromatic carbocycles. The maximum absolute atomic E-state index is 11.3. The third kappa shape index (κ3) is 0.877. The minimum Gasteiger partial charge on any atom is -0.740 e. The summed E-state index contributed by atoms with van der Waals surface area (Å²) >= 11 is 0. The average Bonchev–Trinajstić information content (AvgIpc) is 2.57. The molecule has 0 bridgehead atoms. The molecule has 3 rings (SSSR count). The molecule has 3 aromatic rings. The van der Waals surface area contributed by atoms with E-state index < -0.39 is 0 Å². The fraction of sp³-hybridized carbons (Fsp3) is 0. The molecule has 0 amide bonds. The van der Waals surface area contributed by atoms with Crippen molar-refractivity contribution in [2.24, 2.45) is 0 Å². The first kappa shape index (κ1) is 7.32. The van der Waals surface area contributed by atoms with Crippen LogP contribution >= 0.6 is 0 Å². The fourth-order valence-electron chi connectivity index (χ4n) is 1.54. The van der Waals surface area contributed by atoms with Crippen molar-refractivity contribution in [2.45, 2.75) is 0 Å². The highest BCUT2D eigenvalue weighted by molar-refractivity contribution is 5.78. The summed E-state index contributed by atoms with van der Waals surface area (Å²) in [4.78, 5) is 4.25. The Morgan fingerprint density at radius 3 is 3.07 bits per heavy atom. The van der Waals surface area contributed by atoms with Crippen LogP contribution in [0.4, 0.5) is 0 Å². The minimum absolute atomic E-state index is 0.406. The van der Waals surface area contributed by atoms with Crippen LogP contribution in [0.3, 0.4) is 0 Å². The van der Waals surface area contributed by atoms with Gasteiger partial charge < -0.3 is 5.21 Å². The van der Waals surface area contributed by atoms with Gasteiger partial charge in [0.15, 0.2) is 5.52 Å². The van der Waals surface area contributed by atoms with E-state index in [0.29, 0.717) is 5.78 Å². The summed E-state index contributed by atoms with van der Waals surface area (Å²) in [6.07, 6.45) is 5.04. The third-order valence-corrected chi connectivity index (χ3v) is 2.23. The zero-order valence-corrected chi connectivity index (χ0v) is 7.29. The predicted octanol–water partition coefficient (Wildman–Crippen LogP) is 1.12. The van der Waals surface area contributed by atoms with Crippen molar-refractivity contribution in [1.82, 2.24) is 9.38 Å². The summed E-state index contributed by atoms with van der Waals surface area (Å²) in [5.41, 5.74) is 0.836. The van der Waals surface area contributed by atoms with Gasteiger partial charge in [-0.3, -0.25) is 0 Å². The van der Waals surface area contributed by atoms with Crippen molar-refractivity contribution in [3.05, 3.63) is 48.1 Å². The third-order valence-electron chi connectivity index (χ3n) is 2.23. The van der Waals surface area contributed by atoms with Gasteiger partial charge in [0.2, 0.25) is 0 Å². The van der Waals surface area contributed by atoms with Crippen LogP contribution in [0.25, 0.3) is 16.7 Å². The van der Waals surface area contributed by atoms with E-state index in [0.717, 1.165) is 15.6 Å². The lowest BCUT2D eigenvalue weighted by atomic mass is 10.2. The zero-order chi connectivity index (χ0) is 9.54. The first-order valence-corrected chi connectivity index (χ1v) is 4.30. The van der Waals surface area contributed by atoms with Crippen molar-refractivity contribution in [3.8, 4) is 0 Å². The molecule has 4 nitrogen and oxygen atoms in total. The van der Waals surface area contributed by atoms with Crippen LogP contribution in [0, 0.1) is 5.21 Å². The van der Waals surface area contributed by atoms with Gasteiger partial charge in [-0.05, 0) is 12.1 Å². The molecule has 2 aromatic heterocycles. The van der Waals surface area contributed by atoms with E-state index >= 15 is 0 Å². The topological polar surface area (TPSA) is 44.2 Å². The first-order chi connectivity index (χ1) is 6.84. The normalized spacial score (nSPS) is 11.1. The maximum Gasteiger partial charge on any atom is 0.404 e. The predicted molar refractivity (Wildman–Crippen MR) is 51.7 cm³/mol. The molecular weight excluding hydrogens is 178 g/mol. The maximum atomic E-state index is 11.3. The van der Waals surface area contributed by atoms with E-state index in [4.69, 9.17) is 0 Å². The lowest BCUT2D eigenvalue weighted by Gasteiger charge is -1.97. The Labute approximate surface area is 79.6 Å². The molecule has 0 spiro atoms. The number of fused-ring (bicyclic) bond motifs is 2. The number of imidazole rings is 1. The summed E-state index contributed by atoms with van der Waals surface area (Å²) in [6.45, 7) is 0. The quantitative estimate of drug-likeness (QED) is 0.389. The van der Waals surface area contributed by atoms with Gasteiger partial charge in [-0.1, -0.05) is 17.1 Å². The van der Waals surface area contributed by atoms with Crippen molar-refractivity contribution in [1.29, 1.82) is 0 Å². The molecular formula is C10H7N3O. The van der Waals surface area contributed by atoms with E-state index in [-0.39, 0.29) is 0 Å². The van der Waals surface area contributed by atoms with E-state index in [1.54, 1.807) is 10.6 Å². The Hall–Kier alpha value is -2.10. The molecule has 2 heterocycles. The molecule has 0 N–H and O–H groups in total. The molecule has 0 aliphatic heterocycles. The Balaban J connectivity index is 2.54. The largest absolute Gasteiger partial charge is 0.740 e. The zero-order valence-electron chi connectivity index (χ0n) is 7.29. The van der Waals surface area contributed by atoms with Crippen LogP contribution in [0.1, 0.15) is 0 Å². The van der Waals surface area contributed by atoms with Gasteiger partial charge in [0, 0.05) is 5.39 Å². The highest BCUT2D eigenvalue weighted by Crippen LogP contribution is 2.10. The average molecular weight is 185 g/mol. The molecule has 0 atom stereocenters. The number of hydrogen-bond donors (Lipinski definition) is 0. The molecule has 4 heteroatoms. The van der Waals surface area contributed by atoms with Gasteiger partial charge >= 0.3 is 5.78 Å². The molecule has 0 unspecified atom stereocenters. The van der Waals surface area contributed by atoms with Gasteiger partial charge in [-0.2, -0.15) is 0 Å². The lowest BCUT2D eigenvalue weighted by Crippen LogP contribution is -2.24.